The smallest absolute Gasteiger partial charge is 0.485 e. The fourth-order valence-corrected chi connectivity index (χ4v) is 6.50. The van der Waals surface area contributed by atoms with Crippen LogP contribution in [0.25, 0.3) is 0 Å². The third kappa shape index (κ3) is 47.8. The van der Waals surface area contributed by atoms with E-state index in [0.29, 0.717) is 0 Å². The van der Waals surface area contributed by atoms with Crippen molar-refractivity contribution in [1.82, 2.24) is 0 Å². The van der Waals surface area contributed by atoms with Crippen molar-refractivity contribution >= 4 is 20.2 Å². The molecular weight excluding hydrogens is 843 g/mol. The lowest BCUT2D eigenvalue weighted by molar-refractivity contribution is -0.890. The number of halogens is 6. The molecule has 0 aliphatic rings. The molecule has 0 unspecified atom stereocenters. The van der Waals surface area contributed by atoms with Gasteiger partial charge in [0.2, 0.25) is 0 Å². The number of hydrogen-bond acceptors (Lipinski definition) is 6. The maximum Gasteiger partial charge on any atom is 0.485 e. The van der Waals surface area contributed by atoms with Crippen LogP contribution in [0.4, 0.5) is 26.3 Å². The van der Waals surface area contributed by atoms with E-state index >= 15 is 0 Å². The van der Waals surface area contributed by atoms with Crippen LogP contribution in [0.3, 0.4) is 0 Å². The molecule has 366 valence electrons. The summed E-state index contributed by atoms with van der Waals surface area (Å²) in [6, 6.07) is 10.9. The van der Waals surface area contributed by atoms with Gasteiger partial charge in [-0.05, 0) is 56.9 Å². The molecule has 16 heteroatoms. The van der Waals surface area contributed by atoms with Crippen molar-refractivity contribution in [3.8, 4) is 0 Å². The summed E-state index contributed by atoms with van der Waals surface area (Å²) in [4.78, 5) is 1.59. The maximum absolute atomic E-state index is 10.7. The number of nitrogens with zero attached hydrogens (tertiary/aromatic N) is 1. The van der Waals surface area contributed by atoms with Crippen LogP contribution >= 0.6 is 0 Å². The van der Waals surface area contributed by atoms with E-state index in [1.807, 2.05) is 0 Å². The molecule has 1 rings (SSSR count). The Bertz CT molecular complexity index is 1250. The van der Waals surface area contributed by atoms with Crippen molar-refractivity contribution < 1.29 is 61.7 Å². The molecule has 8 nitrogen and oxygen atoms in total. The summed E-state index contributed by atoms with van der Waals surface area (Å²) >= 11 is 0. The highest BCUT2D eigenvalue weighted by atomic mass is 32.2. The zero-order chi connectivity index (χ0) is 47.1. The quantitative estimate of drug-likeness (QED) is 0.0253. The van der Waals surface area contributed by atoms with Crippen molar-refractivity contribution in [3.05, 3.63) is 35.9 Å². The predicted molar refractivity (Wildman–Crippen MR) is 237 cm³/mol. The molecule has 0 fully saturated rings. The molecule has 1 aromatic rings. The van der Waals surface area contributed by atoms with Gasteiger partial charge in [0.15, 0.2) is 20.2 Å². The summed E-state index contributed by atoms with van der Waals surface area (Å²) in [5.41, 5.74) is -9.79. The molecule has 0 saturated carbocycles. The zero-order valence-corrected chi connectivity index (χ0v) is 40.4. The number of quaternary nitrogens is 2. The van der Waals surface area contributed by atoms with Crippen LogP contribution in [0.5, 0.6) is 0 Å². The second-order valence-corrected chi connectivity index (χ2v) is 20.0. The molecule has 1 aromatic carbocycles. The van der Waals surface area contributed by atoms with Crippen LogP contribution in [0.15, 0.2) is 30.3 Å². The lowest BCUT2D eigenvalue weighted by atomic mass is 10.0. The molecule has 0 spiro atoms. The number of alkyl halides is 6. The molecule has 0 atom stereocenters. The predicted octanol–water partition coefficient (Wildman–Crippen LogP) is 12.1. The van der Waals surface area contributed by atoms with Crippen molar-refractivity contribution in [2.24, 2.45) is 0 Å². The van der Waals surface area contributed by atoms with Crippen LogP contribution in [-0.2, 0) is 26.7 Å². The Morgan fingerprint density at radius 2 is 0.738 bits per heavy atom. The average Bonchev–Trinajstić information content (AvgIpc) is 3.15. The SMILES string of the molecule is CCCCCCCCCC[N+](C)(C)CCCCCCCCCC.C[NH+](C)CCCCCCCCCCCCCc1ccccc1.O=S(=O)([O-])C(F)(F)F.O=S(=O)([O-])C(F)(F)F. The van der Waals surface area contributed by atoms with Gasteiger partial charge in [-0.3, -0.25) is 0 Å². The van der Waals surface area contributed by atoms with E-state index in [-0.39, 0.29) is 0 Å². The minimum atomic E-state index is -6.09. The lowest BCUT2D eigenvalue weighted by Crippen LogP contribution is -3.05. The first-order valence-electron chi connectivity index (χ1n) is 23.1. The molecule has 0 amide bonds. The summed E-state index contributed by atoms with van der Waals surface area (Å²) in [6.45, 7) is 8.69. The molecule has 0 radical (unpaired) electrons. The number of nitrogens with one attached hydrogen (secondary N) is 1. The topological polar surface area (TPSA) is 119 Å². The Morgan fingerprint density at radius 1 is 0.475 bits per heavy atom. The molecule has 61 heavy (non-hydrogen) atoms. The standard InChI is InChI=1S/C22H48N.C21H37N.2CHF3O3S/c1-5-7-9-11-13-15-17-19-21-23(3,4)22-20-18-16-14-12-10-8-6-2;1-22(2)20-16-11-9-7-5-3-4-6-8-10-13-17-21-18-14-12-15-19-21;2*2-1(3,4)8(5,6)7/h5-22H2,1-4H3;12,14-15,18-19H,3-11,13,16-17,20H2,1-2H3;2*(H,5,6,7)/q+1;;;/p-1. The first-order chi connectivity index (χ1) is 28.4. The van der Waals surface area contributed by atoms with Gasteiger partial charge >= 0.3 is 11.0 Å². The van der Waals surface area contributed by atoms with Crippen LogP contribution in [-0.4, -0.2) is 89.3 Å². The Hall–Kier alpha value is -1.46. The van der Waals surface area contributed by atoms with Gasteiger partial charge in [-0.25, -0.2) is 16.8 Å². The average molecular weight is 929 g/mol. The highest BCUT2D eigenvalue weighted by Gasteiger charge is 2.37. The summed E-state index contributed by atoms with van der Waals surface area (Å²) in [7, 11) is -2.81. The van der Waals surface area contributed by atoms with E-state index in [2.05, 4.69) is 72.4 Å². The highest BCUT2D eigenvalue weighted by Crippen LogP contribution is 2.21. The van der Waals surface area contributed by atoms with E-state index in [1.165, 1.54) is 209 Å². The van der Waals surface area contributed by atoms with Crippen molar-refractivity contribution in [3.63, 3.8) is 0 Å². The van der Waals surface area contributed by atoms with Crippen LogP contribution in [0.1, 0.15) is 193 Å². The number of unbranched alkanes of at least 4 members (excludes halogenated alkanes) is 24. The van der Waals surface area contributed by atoms with Crippen LogP contribution in [0, 0.1) is 0 Å². The van der Waals surface area contributed by atoms with Gasteiger partial charge in [0.1, 0.15) is 0 Å². The van der Waals surface area contributed by atoms with Gasteiger partial charge in [0.05, 0.1) is 47.8 Å². The largest absolute Gasteiger partial charge is 0.741 e. The number of benzene rings is 1. The molecule has 0 aliphatic heterocycles. The lowest BCUT2D eigenvalue weighted by Gasteiger charge is -2.30. The molecule has 0 bridgehead atoms. The number of rotatable bonds is 32. The number of hydrogen-bond donors (Lipinski definition) is 1. The third-order valence-corrected chi connectivity index (χ3v) is 11.4. The van der Waals surface area contributed by atoms with Gasteiger partial charge in [0.25, 0.3) is 0 Å². The summed E-state index contributed by atoms with van der Waals surface area (Å²) in [6.07, 6.45) is 40.0. The Morgan fingerprint density at radius 3 is 1.02 bits per heavy atom. The van der Waals surface area contributed by atoms with Gasteiger partial charge in [0, 0.05) is 0 Å². The minimum absolute atomic E-state index is 1.24. The first-order valence-corrected chi connectivity index (χ1v) is 25.9. The van der Waals surface area contributed by atoms with Crippen molar-refractivity contribution in [2.45, 2.75) is 205 Å². The molecule has 0 aromatic heterocycles. The monoisotopic (exact) mass is 929 g/mol. The summed E-state index contributed by atoms with van der Waals surface area (Å²) in [5.74, 6) is 0. The fraction of sp³-hybridized carbons (Fsp3) is 0.867. The van der Waals surface area contributed by atoms with Gasteiger partial charge in [-0.15, -0.1) is 0 Å². The molecule has 0 aliphatic carbocycles. The van der Waals surface area contributed by atoms with E-state index in [9.17, 15) is 26.3 Å². The third-order valence-electron chi connectivity index (χ3n) is 10.3. The highest BCUT2D eigenvalue weighted by molar-refractivity contribution is 7.86. The van der Waals surface area contributed by atoms with E-state index in [0.717, 1.165) is 0 Å². The van der Waals surface area contributed by atoms with Gasteiger partial charge in [-0.2, -0.15) is 26.3 Å². The van der Waals surface area contributed by atoms with Crippen LogP contribution in [0.2, 0.25) is 0 Å². The molecule has 0 saturated heterocycles. The first kappa shape index (κ1) is 63.8. The Kier molecular flexibility index (Phi) is 40.8. The Labute approximate surface area is 369 Å². The second kappa shape index (κ2) is 39.0. The minimum Gasteiger partial charge on any atom is -0.741 e. The molecular formula is C45H86F6N2O6S2. The van der Waals surface area contributed by atoms with E-state index in [4.69, 9.17) is 25.9 Å². The van der Waals surface area contributed by atoms with E-state index < -0.39 is 31.3 Å². The zero-order valence-electron chi connectivity index (χ0n) is 38.8. The fourth-order valence-electron chi connectivity index (χ4n) is 6.50. The number of aryl methyl sites for hydroxylation is 1. The van der Waals surface area contributed by atoms with Crippen molar-refractivity contribution in [2.75, 3.05) is 47.8 Å². The normalized spacial score (nSPS) is 12.2. The second-order valence-electron chi connectivity index (χ2n) is 17.2. The van der Waals surface area contributed by atoms with Crippen LogP contribution < -0.4 is 4.90 Å². The summed E-state index contributed by atoms with van der Waals surface area (Å²) in [5, 5.41) is 0. The van der Waals surface area contributed by atoms with Gasteiger partial charge in [-0.1, -0.05) is 173 Å². The maximum atomic E-state index is 10.7. The van der Waals surface area contributed by atoms with Gasteiger partial charge < -0.3 is 18.5 Å². The molecule has 0 heterocycles. The van der Waals surface area contributed by atoms with E-state index in [1.54, 1.807) is 4.90 Å². The van der Waals surface area contributed by atoms with Crippen molar-refractivity contribution in [1.29, 1.82) is 0 Å². The Balaban J connectivity index is -0.000000816. The molecule has 1 N–H and O–H groups in total. The summed E-state index contributed by atoms with van der Waals surface area (Å²) < 4.78 is 119.